The molecule has 2 amide bonds. The predicted molar refractivity (Wildman–Crippen MR) is 105 cm³/mol. The Morgan fingerprint density at radius 3 is 2.46 bits per heavy atom. The van der Waals surface area contributed by atoms with Crippen molar-refractivity contribution in [3.8, 4) is 11.1 Å². The number of nitrogens with one attached hydrogen (secondary N) is 1. The van der Waals surface area contributed by atoms with Crippen LogP contribution in [-0.2, 0) is 9.59 Å². The highest BCUT2D eigenvalue weighted by atomic mass is 16.3. The standard InChI is InChI=1S/C22H25N3O3/c1-14(27)24-12-19-21(20(13-26)25(19)22(28)17-8-9-17)16-6-4-15(5-7-16)18-3-2-10-23-11-18/h2-7,10-11,17,19-21,26H,8-9,12-13H2,1H3,(H,24,27)/t19-,20+,21+/m0/s1. The van der Waals surface area contributed by atoms with Crippen molar-refractivity contribution in [3.05, 3.63) is 54.4 Å². The van der Waals surface area contributed by atoms with Gasteiger partial charge in [0, 0.05) is 37.7 Å². The molecule has 2 fully saturated rings. The summed E-state index contributed by atoms with van der Waals surface area (Å²) in [7, 11) is 0. The second-order valence-electron chi connectivity index (χ2n) is 7.66. The van der Waals surface area contributed by atoms with Crippen molar-refractivity contribution in [3.63, 3.8) is 0 Å². The average molecular weight is 379 g/mol. The molecule has 2 aromatic rings. The van der Waals surface area contributed by atoms with E-state index in [0.717, 1.165) is 29.5 Å². The first kappa shape index (κ1) is 18.6. The molecule has 146 valence electrons. The summed E-state index contributed by atoms with van der Waals surface area (Å²) in [4.78, 5) is 30.1. The third-order valence-electron chi connectivity index (χ3n) is 5.76. The number of aromatic nitrogens is 1. The highest BCUT2D eigenvalue weighted by molar-refractivity contribution is 5.83. The number of carbonyl (C=O) groups excluding carboxylic acids is 2. The molecule has 1 aliphatic carbocycles. The number of amides is 2. The number of rotatable bonds is 6. The first-order valence-corrected chi connectivity index (χ1v) is 9.78. The van der Waals surface area contributed by atoms with Gasteiger partial charge in [0.1, 0.15) is 0 Å². The molecule has 1 aromatic heterocycles. The second kappa shape index (κ2) is 7.72. The molecule has 6 heteroatoms. The smallest absolute Gasteiger partial charge is 0.226 e. The minimum absolute atomic E-state index is 0.00231. The minimum atomic E-state index is -0.240. The van der Waals surface area contributed by atoms with Gasteiger partial charge < -0.3 is 15.3 Å². The summed E-state index contributed by atoms with van der Waals surface area (Å²) in [6.07, 6.45) is 5.41. The fraction of sp³-hybridized carbons (Fsp3) is 0.409. The van der Waals surface area contributed by atoms with Crippen molar-refractivity contribution < 1.29 is 14.7 Å². The van der Waals surface area contributed by atoms with Crippen LogP contribution in [0.25, 0.3) is 11.1 Å². The van der Waals surface area contributed by atoms with Crippen molar-refractivity contribution in [2.24, 2.45) is 5.92 Å². The van der Waals surface area contributed by atoms with E-state index >= 15 is 0 Å². The summed E-state index contributed by atoms with van der Waals surface area (Å²) in [5.41, 5.74) is 3.18. The Bertz CT molecular complexity index is 849. The molecule has 0 bridgehead atoms. The van der Waals surface area contributed by atoms with Crippen LogP contribution in [0.2, 0.25) is 0 Å². The monoisotopic (exact) mass is 379 g/mol. The topological polar surface area (TPSA) is 82.5 Å². The third kappa shape index (κ3) is 3.52. The fourth-order valence-electron chi connectivity index (χ4n) is 4.17. The van der Waals surface area contributed by atoms with Gasteiger partial charge in [0.05, 0.1) is 18.7 Å². The SMILES string of the molecule is CC(=O)NC[C@H]1[C@@H](c2ccc(-c3cccnc3)cc2)[C@@H](CO)N1C(=O)C1CC1. The normalized spacial score (nSPS) is 23.8. The quantitative estimate of drug-likeness (QED) is 0.804. The summed E-state index contributed by atoms with van der Waals surface area (Å²) in [6.45, 7) is 1.80. The number of hydrogen-bond acceptors (Lipinski definition) is 4. The molecular weight excluding hydrogens is 354 g/mol. The third-order valence-corrected chi connectivity index (χ3v) is 5.76. The van der Waals surface area contributed by atoms with E-state index in [1.807, 2.05) is 30.5 Å². The van der Waals surface area contributed by atoms with Gasteiger partial charge in [0.25, 0.3) is 0 Å². The van der Waals surface area contributed by atoms with Crippen LogP contribution in [0.3, 0.4) is 0 Å². The van der Waals surface area contributed by atoms with Crippen LogP contribution in [-0.4, -0.2) is 52.0 Å². The zero-order chi connectivity index (χ0) is 19.7. The average Bonchev–Trinajstić information content (AvgIpc) is 3.54. The first-order valence-electron chi connectivity index (χ1n) is 9.78. The Morgan fingerprint density at radius 1 is 1.14 bits per heavy atom. The number of likely N-dealkylation sites (tertiary alicyclic amines) is 1. The Labute approximate surface area is 164 Å². The van der Waals surface area contributed by atoms with E-state index in [1.54, 1.807) is 11.1 Å². The van der Waals surface area contributed by atoms with Crippen molar-refractivity contribution in [1.29, 1.82) is 0 Å². The maximum atomic E-state index is 12.7. The Balaban J connectivity index is 1.58. The summed E-state index contributed by atoms with van der Waals surface area (Å²) < 4.78 is 0. The second-order valence-corrected chi connectivity index (χ2v) is 7.66. The fourth-order valence-corrected chi connectivity index (χ4v) is 4.17. The van der Waals surface area contributed by atoms with Crippen molar-refractivity contribution in [2.75, 3.05) is 13.2 Å². The van der Waals surface area contributed by atoms with Gasteiger partial charge in [0.15, 0.2) is 0 Å². The lowest BCUT2D eigenvalue weighted by Crippen LogP contribution is -2.68. The highest BCUT2D eigenvalue weighted by Crippen LogP contribution is 2.44. The number of pyridine rings is 1. The first-order chi connectivity index (χ1) is 13.6. The lowest BCUT2D eigenvalue weighted by molar-refractivity contribution is -0.152. The van der Waals surface area contributed by atoms with Gasteiger partial charge >= 0.3 is 0 Å². The molecule has 4 rings (SSSR count). The molecule has 3 atom stereocenters. The number of carbonyl (C=O) groups is 2. The summed E-state index contributed by atoms with van der Waals surface area (Å²) >= 11 is 0. The molecule has 1 aliphatic heterocycles. The van der Waals surface area contributed by atoms with E-state index in [2.05, 4.69) is 22.4 Å². The molecule has 1 saturated heterocycles. The number of nitrogens with zero attached hydrogens (tertiary/aromatic N) is 2. The lowest BCUT2D eigenvalue weighted by atomic mass is 9.74. The van der Waals surface area contributed by atoms with Crippen molar-refractivity contribution in [2.45, 2.75) is 37.8 Å². The number of aliphatic hydroxyl groups excluding tert-OH is 1. The molecule has 2 aliphatic rings. The lowest BCUT2D eigenvalue weighted by Gasteiger charge is -2.55. The van der Waals surface area contributed by atoms with E-state index in [1.165, 1.54) is 6.92 Å². The van der Waals surface area contributed by atoms with Gasteiger partial charge in [-0.1, -0.05) is 30.3 Å². The number of aliphatic hydroxyl groups is 1. The van der Waals surface area contributed by atoms with Gasteiger partial charge in [-0.25, -0.2) is 0 Å². The number of hydrogen-bond donors (Lipinski definition) is 2. The molecule has 28 heavy (non-hydrogen) atoms. The number of benzene rings is 1. The Kier molecular flexibility index (Phi) is 5.13. The van der Waals surface area contributed by atoms with Crippen LogP contribution in [0.15, 0.2) is 48.8 Å². The van der Waals surface area contributed by atoms with Crippen LogP contribution >= 0.6 is 0 Å². The molecule has 2 N–H and O–H groups in total. The van der Waals surface area contributed by atoms with Crippen molar-refractivity contribution in [1.82, 2.24) is 15.2 Å². The Hall–Kier alpha value is -2.73. The van der Waals surface area contributed by atoms with E-state index in [0.29, 0.717) is 6.54 Å². The van der Waals surface area contributed by atoms with Gasteiger partial charge in [0.2, 0.25) is 11.8 Å². The van der Waals surface area contributed by atoms with Gasteiger partial charge in [-0.05, 0) is 35.6 Å². The van der Waals surface area contributed by atoms with Crippen molar-refractivity contribution >= 4 is 11.8 Å². The zero-order valence-corrected chi connectivity index (χ0v) is 15.9. The molecule has 0 radical (unpaired) electrons. The van der Waals surface area contributed by atoms with Gasteiger partial charge in [-0.2, -0.15) is 0 Å². The van der Waals surface area contributed by atoms with Crippen LogP contribution < -0.4 is 5.32 Å². The van der Waals surface area contributed by atoms with Gasteiger partial charge in [-0.15, -0.1) is 0 Å². The molecule has 0 spiro atoms. The highest BCUT2D eigenvalue weighted by Gasteiger charge is 2.53. The summed E-state index contributed by atoms with van der Waals surface area (Å²) in [5.74, 6) is 0.0832. The molecule has 6 nitrogen and oxygen atoms in total. The van der Waals surface area contributed by atoms with E-state index in [-0.39, 0.29) is 42.3 Å². The van der Waals surface area contributed by atoms with Crippen LogP contribution in [0, 0.1) is 5.92 Å². The molecule has 0 unspecified atom stereocenters. The largest absolute Gasteiger partial charge is 0.394 e. The molecule has 1 aromatic carbocycles. The van der Waals surface area contributed by atoms with E-state index in [9.17, 15) is 14.7 Å². The molecule has 2 heterocycles. The van der Waals surface area contributed by atoms with Crippen LogP contribution in [0.1, 0.15) is 31.2 Å². The predicted octanol–water partition coefficient (Wildman–Crippen LogP) is 1.95. The van der Waals surface area contributed by atoms with Gasteiger partial charge in [-0.3, -0.25) is 14.6 Å². The zero-order valence-electron chi connectivity index (χ0n) is 15.9. The Morgan fingerprint density at radius 2 is 1.89 bits per heavy atom. The summed E-state index contributed by atoms with van der Waals surface area (Å²) in [5, 5.41) is 12.8. The molecule has 1 saturated carbocycles. The molecular formula is C22H25N3O3. The van der Waals surface area contributed by atoms with E-state index in [4.69, 9.17) is 0 Å². The maximum absolute atomic E-state index is 12.7. The minimum Gasteiger partial charge on any atom is -0.394 e. The van der Waals surface area contributed by atoms with Crippen LogP contribution in [0.4, 0.5) is 0 Å². The maximum Gasteiger partial charge on any atom is 0.226 e. The summed E-state index contributed by atoms with van der Waals surface area (Å²) in [6, 6.07) is 11.7. The van der Waals surface area contributed by atoms with E-state index < -0.39 is 0 Å². The van der Waals surface area contributed by atoms with Crippen LogP contribution in [0.5, 0.6) is 0 Å².